The summed E-state index contributed by atoms with van der Waals surface area (Å²) in [6.07, 6.45) is 1.97. The maximum atomic E-state index is 12.9. The van der Waals surface area contributed by atoms with Crippen LogP contribution in [0.4, 0.5) is 4.39 Å². The second kappa shape index (κ2) is 8.51. The molecule has 0 saturated carbocycles. The van der Waals surface area contributed by atoms with E-state index in [1.54, 1.807) is 12.1 Å². The maximum Gasteiger partial charge on any atom is 0.260 e. The number of amides is 1. The molecule has 0 aromatic heterocycles. The van der Waals surface area contributed by atoms with Gasteiger partial charge in [-0.2, -0.15) is 0 Å². The van der Waals surface area contributed by atoms with Gasteiger partial charge in [0, 0.05) is 19.0 Å². The molecule has 1 aliphatic heterocycles. The zero-order chi connectivity index (χ0) is 17.5. The third kappa shape index (κ3) is 5.21. The fourth-order valence-electron chi connectivity index (χ4n) is 2.93. The summed E-state index contributed by atoms with van der Waals surface area (Å²) in [7, 11) is 0. The first-order chi connectivity index (χ1) is 12.2. The van der Waals surface area contributed by atoms with Crippen LogP contribution in [0.5, 0.6) is 11.5 Å². The van der Waals surface area contributed by atoms with Crippen molar-refractivity contribution >= 4 is 5.91 Å². The number of para-hydroxylation sites is 1. The number of nitrogens with zero attached hydrogens (tertiary/aromatic N) is 1. The minimum atomic E-state index is -0.278. The Bertz CT molecular complexity index is 675. The molecule has 5 heteroatoms. The van der Waals surface area contributed by atoms with Gasteiger partial charge in [0.2, 0.25) is 0 Å². The van der Waals surface area contributed by atoms with E-state index in [1.807, 2.05) is 35.2 Å². The van der Waals surface area contributed by atoms with Gasteiger partial charge in [0.25, 0.3) is 5.91 Å². The van der Waals surface area contributed by atoms with Gasteiger partial charge < -0.3 is 14.4 Å². The first-order valence-electron chi connectivity index (χ1n) is 8.55. The molecule has 0 aliphatic carbocycles. The molecule has 0 spiro atoms. The molecule has 1 aliphatic rings. The molecule has 0 radical (unpaired) electrons. The normalized spacial score (nSPS) is 17.2. The van der Waals surface area contributed by atoms with Gasteiger partial charge in [-0.1, -0.05) is 18.2 Å². The highest BCUT2D eigenvalue weighted by molar-refractivity contribution is 5.77. The molecule has 0 N–H and O–H groups in total. The van der Waals surface area contributed by atoms with Crippen LogP contribution in [-0.2, 0) is 4.79 Å². The molecule has 1 atom stereocenters. The quantitative estimate of drug-likeness (QED) is 0.805. The minimum Gasteiger partial charge on any atom is -0.493 e. The molecule has 1 saturated heterocycles. The second-order valence-electron chi connectivity index (χ2n) is 6.21. The van der Waals surface area contributed by atoms with E-state index in [9.17, 15) is 9.18 Å². The van der Waals surface area contributed by atoms with Gasteiger partial charge in [0.1, 0.15) is 17.3 Å². The van der Waals surface area contributed by atoms with Crippen molar-refractivity contribution in [2.75, 3.05) is 26.3 Å². The lowest BCUT2D eigenvalue weighted by atomic mass is 9.99. The van der Waals surface area contributed by atoms with E-state index >= 15 is 0 Å². The first kappa shape index (κ1) is 17.3. The monoisotopic (exact) mass is 343 g/mol. The van der Waals surface area contributed by atoms with E-state index in [1.165, 1.54) is 12.1 Å². The van der Waals surface area contributed by atoms with Crippen LogP contribution in [0.25, 0.3) is 0 Å². The van der Waals surface area contributed by atoms with Crippen molar-refractivity contribution in [3.8, 4) is 11.5 Å². The molecule has 1 heterocycles. The summed E-state index contributed by atoms with van der Waals surface area (Å²) < 4.78 is 24.2. The minimum absolute atomic E-state index is 0.00432. The maximum absolute atomic E-state index is 12.9. The van der Waals surface area contributed by atoms with Gasteiger partial charge >= 0.3 is 0 Å². The molecule has 2 aromatic carbocycles. The van der Waals surface area contributed by atoms with E-state index in [4.69, 9.17) is 9.47 Å². The van der Waals surface area contributed by atoms with Crippen LogP contribution >= 0.6 is 0 Å². The van der Waals surface area contributed by atoms with Gasteiger partial charge in [-0.15, -0.1) is 0 Å². The number of rotatable bonds is 6. The molecule has 4 nitrogen and oxygen atoms in total. The van der Waals surface area contributed by atoms with Crippen molar-refractivity contribution in [2.45, 2.75) is 12.8 Å². The van der Waals surface area contributed by atoms with E-state index in [-0.39, 0.29) is 24.2 Å². The Morgan fingerprint density at radius 2 is 1.76 bits per heavy atom. The van der Waals surface area contributed by atoms with Crippen molar-refractivity contribution in [1.82, 2.24) is 4.90 Å². The molecule has 3 rings (SSSR count). The van der Waals surface area contributed by atoms with E-state index in [0.29, 0.717) is 24.7 Å². The Balaban J connectivity index is 1.45. The van der Waals surface area contributed by atoms with Crippen LogP contribution in [0.2, 0.25) is 0 Å². The molecule has 0 bridgehead atoms. The highest BCUT2D eigenvalue weighted by Crippen LogP contribution is 2.19. The van der Waals surface area contributed by atoms with Crippen molar-refractivity contribution in [3.63, 3.8) is 0 Å². The molecule has 2 aromatic rings. The lowest BCUT2D eigenvalue weighted by Gasteiger charge is -2.32. The largest absolute Gasteiger partial charge is 0.493 e. The number of hydrogen-bond donors (Lipinski definition) is 0. The standard InChI is InChI=1S/C20H22FNO3/c21-17-8-10-19(11-9-17)24-14-16-5-4-12-22(13-16)20(23)15-25-18-6-2-1-3-7-18/h1-3,6-11,16H,4-5,12-15H2. The van der Waals surface area contributed by atoms with Crippen molar-refractivity contribution in [2.24, 2.45) is 5.92 Å². The summed E-state index contributed by atoms with van der Waals surface area (Å²) in [5, 5.41) is 0. The molecule has 132 valence electrons. The fourth-order valence-corrected chi connectivity index (χ4v) is 2.93. The van der Waals surface area contributed by atoms with Gasteiger partial charge in [0.15, 0.2) is 6.61 Å². The molecule has 1 unspecified atom stereocenters. The average Bonchev–Trinajstić information content (AvgIpc) is 2.67. The molecule has 1 fully saturated rings. The molecule has 1 amide bonds. The number of carbonyl (C=O) groups excluding carboxylic acids is 1. The highest BCUT2D eigenvalue weighted by Gasteiger charge is 2.24. The molecular weight excluding hydrogens is 321 g/mol. The predicted molar refractivity (Wildman–Crippen MR) is 93.1 cm³/mol. The summed E-state index contributed by atoms with van der Waals surface area (Å²) in [6.45, 7) is 1.99. The van der Waals surface area contributed by atoms with E-state index in [0.717, 1.165) is 19.4 Å². The number of piperidine rings is 1. The first-order valence-corrected chi connectivity index (χ1v) is 8.55. The Morgan fingerprint density at radius 3 is 2.52 bits per heavy atom. The number of ether oxygens (including phenoxy) is 2. The molecule has 25 heavy (non-hydrogen) atoms. The topological polar surface area (TPSA) is 38.8 Å². The summed E-state index contributed by atoms with van der Waals surface area (Å²) >= 11 is 0. The number of likely N-dealkylation sites (tertiary alicyclic amines) is 1. The summed E-state index contributed by atoms with van der Waals surface area (Å²) in [5.41, 5.74) is 0. The fraction of sp³-hybridized carbons (Fsp3) is 0.350. The number of benzene rings is 2. The van der Waals surface area contributed by atoms with Gasteiger partial charge in [-0.25, -0.2) is 4.39 Å². The third-order valence-corrected chi connectivity index (χ3v) is 4.28. The van der Waals surface area contributed by atoms with Crippen LogP contribution in [0.3, 0.4) is 0 Å². The summed E-state index contributed by atoms with van der Waals surface area (Å²) in [6, 6.07) is 15.3. The van der Waals surface area contributed by atoms with Crippen LogP contribution < -0.4 is 9.47 Å². The van der Waals surface area contributed by atoms with Crippen LogP contribution in [0.1, 0.15) is 12.8 Å². The van der Waals surface area contributed by atoms with Crippen molar-refractivity contribution in [3.05, 3.63) is 60.4 Å². The number of carbonyl (C=O) groups is 1. The zero-order valence-corrected chi connectivity index (χ0v) is 14.1. The highest BCUT2D eigenvalue weighted by atomic mass is 19.1. The van der Waals surface area contributed by atoms with Crippen molar-refractivity contribution in [1.29, 1.82) is 0 Å². The lowest BCUT2D eigenvalue weighted by Crippen LogP contribution is -2.43. The van der Waals surface area contributed by atoms with Crippen LogP contribution in [0.15, 0.2) is 54.6 Å². The van der Waals surface area contributed by atoms with Gasteiger partial charge in [0.05, 0.1) is 6.61 Å². The van der Waals surface area contributed by atoms with Crippen LogP contribution in [0, 0.1) is 11.7 Å². The smallest absolute Gasteiger partial charge is 0.260 e. The number of halogens is 1. The van der Waals surface area contributed by atoms with E-state index in [2.05, 4.69) is 0 Å². The predicted octanol–water partition coefficient (Wildman–Crippen LogP) is 3.52. The molecular formula is C20H22FNO3. The summed E-state index contributed by atoms with van der Waals surface area (Å²) in [4.78, 5) is 14.2. The third-order valence-electron chi connectivity index (χ3n) is 4.28. The Morgan fingerprint density at radius 1 is 1.04 bits per heavy atom. The van der Waals surface area contributed by atoms with Crippen LogP contribution in [-0.4, -0.2) is 37.1 Å². The van der Waals surface area contributed by atoms with Gasteiger partial charge in [-0.3, -0.25) is 4.79 Å². The SMILES string of the molecule is O=C(COc1ccccc1)N1CCCC(COc2ccc(F)cc2)C1. The second-order valence-corrected chi connectivity index (χ2v) is 6.21. The summed E-state index contributed by atoms with van der Waals surface area (Å²) in [5.74, 6) is 1.34. The lowest BCUT2D eigenvalue weighted by molar-refractivity contribution is -0.135. The van der Waals surface area contributed by atoms with Gasteiger partial charge in [-0.05, 0) is 49.2 Å². The average molecular weight is 343 g/mol. The van der Waals surface area contributed by atoms with Crippen molar-refractivity contribution < 1.29 is 18.7 Å². The number of hydrogen-bond acceptors (Lipinski definition) is 3. The Hall–Kier alpha value is -2.56. The Kier molecular flexibility index (Phi) is 5.88. The zero-order valence-electron chi connectivity index (χ0n) is 14.1. The Labute approximate surface area is 147 Å². The van der Waals surface area contributed by atoms with E-state index < -0.39 is 0 Å².